The van der Waals surface area contributed by atoms with Crippen molar-refractivity contribution in [1.29, 1.82) is 0 Å². The van der Waals surface area contributed by atoms with E-state index >= 15 is 0 Å². The van der Waals surface area contributed by atoms with E-state index in [9.17, 15) is 0 Å². The molecule has 0 atom stereocenters. The first-order valence-corrected chi connectivity index (χ1v) is 8.64. The fourth-order valence-electron chi connectivity index (χ4n) is 2.10. The van der Waals surface area contributed by atoms with Gasteiger partial charge in [0, 0.05) is 27.1 Å². The van der Waals surface area contributed by atoms with Gasteiger partial charge in [0.15, 0.2) is 0 Å². The molecule has 2 nitrogen and oxygen atoms in total. The third-order valence-corrected chi connectivity index (χ3v) is 4.61. The predicted molar refractivity (Wildman–Crippen MR) is 102 cm³/mol. The molecule has 0 radical (unpaired) electrons. The molecule has 0 amide bonds. The van der Waals surface area contributed by atoms with Crippen LogP contribution in [0.2, 0.25) is 5.02 Å². The summed E-state index contributed by atoms with van der Waals surface area (Å²) in [5.41, 5.74) is 1.92. The van der Waals surface area contributed by atoms with Crippen molar-refractivity contribution in [2.45, 2.75) is 9.79 Å². The van der Waals surface area contributed by atoms with Crippen LogP contribution in [0.1, 0.15) is 5.56 Å². The largest absolute Gasteiger partial charge is 0.497 e. The molecular weight excluding hydrogens is 338 g/mol. The summed E-state index contributed by atoms with van der Waals surface area (Å²) in [6.07, 6.45) is 1.85. The summed E-state index contributed by atoms with van der Waals surface area (Å²) in [5, 5.41) is 0.753. The zero-order chi connectivity index (χ0) is 16.8. The number of ether oxygens (including phenoxy) is 1. The highest BCUT2D eigenvalue weighted by Gasteiger charge is 1.98. The minimum atomic E-state index is 0.753. The number of nitrogens with zero attached hydrogens (tertiary/aromatic N) is 1. The van der Waals surface area contributed by atoms with E-state index in [1.807, 2.05) is 54.7 Å². The first-order chi connectivity index (χ1) is 11.7. The second-order valence-corrected chi connectivity index (χ2v) is 6.67. The number of benzene rings is 3. The molecule has 4 heteroatoms. The number of rotatable bonds is 5. The monoisotopic (exact) mass is 353 g/mol. The van der Waals surface area contributed by atoms with Crippen LogP contribution >= 0.6 is 23.4 Å². The first kappa shape index (κ1) is 16.6. The normalized spacial score (nSPS) is 10.9. The van der Waals surface area contributed by atoms with Gasteiger partial charge in [-0.05, 0) is 54.1 Å². The molecule has 0 bridgehead atoms. The van der Waals surface area contributed by atoms with E-state index in [0.717, 1.165) is 26.9 Å². The lowest BCUT2D eigenvalue weighted by Gasteiger charge is -2.03. The summed E-state index contributed by atoms with van der Waals surface area (Å²) in [6.45, 7) is 0. The Labute approximate surface area is 151 Å². The Morgan fingerprint density at radius 2 is 1.58 bits per heavy atom. The maximum Gasteiger partial charge on any atom is 0.121 e. The lowest BCUT2D eigenvalue weighted by molar-refractivity contribution is 0.415. The van der Waals surface area contributed by atoms with E-state index in [1.165, 1.54) is 4.90 Å². The van der Waals surface area contributed by atoms with E-state index < -0.39 is 0 Å². The van der Waals surface area contributed by atoms with Crippen LogP contribution < -0.4 is 4.74 Å². The topological polar surface area (TPSA) is 21.6 Å². The van der Waals surface area contributed by atoms with Gasteiger partial charge in [-0.3, -0.25) is 4.99 Å². The zero-order valence-electron chi connectivity index (χ0n) is 13.1. The first-order valence-electron chi connectivity index (χ1n) is 7.44. The van der Waals surface area contributed by atoms with Crippen molar-refractivity contribution in [3.8, 4) is 5.75 Å². The number of aliphatic imine (C=N–C) groups is 1. The fourth-order valence-corrected chi connectivity index (χ4v) is 3.04. The lowest BCUT2D eigenvalue weighted by atomic mass is 10.2. The van der Waals surface area contributed by atoms with Crippen molar-refractivity contribution in [2.75, 3.05) is 7.11 Å². The van der Waals surface area contributed by atoms with Crippen molar-refractivity contribution in [2.24, 2.45) is 4.99 Å². The molecule has 24 heavy (non-hydrogen) atoms. The molecule has 0 heterocycles. The van der Waals surface area contributed by atoms with Crippen LogP contribution in [0, 0.1) is 0 Å². The van der Waals surface area contributed by atoms with Gasteiger partial charge in [0.2, 0.25) is 0 Å². The highest BCUT2D eigenvalue weighted by Crippen LogP contribution is 2.28. The molecule has 0 aliphatic heterocycles. The smallest absolute Gasteiger partial charge is 0.121 e. The maximum absolute atomic E-state index is 5.91. The van der Waals surface area contributed by atoms with Crippen molar-refractivity contribution in [3.05, 3.63) is 83.4 Å². The van der Waals surface area contributed by atoms with Crippen molar-refractivity contribution in [3.63, 3.8) is 0 Å². The highest BCUT2D eigenvalue weighted by molar-refractivity contribution is 7.99. The average molecular weight is 354 g/mol. The second-order valence-electron chi connectivity index (χ2n) is 5.08. The van der Waals surface area contributed by atoms with Gasteiger partial charge in [-0.15, -0.1) is 0 Å². The molecule has 0 N–H and O–H groups in total. The maximum atomic E-state index is 5.91. The van der Waals surface area contributed by atoms with Crippen LogP contribution in [-0.4, -0.2) is 13.3 Å². The Bertz CT molecular complexity index is 829. The summed E-state index contributed by atoms with van der Waals surface area (Å²) in [4.78, 5) is 6.82. The Balaban J connectivity index is 1.67. The van der Waals surface area contributed by atoms with Crippen LogP contribution in [0.4, 0.5) is 5.69 Å². The van der Waals surface area contributed by atoms with E-state index in [1.54, 1.807) is 18.9 Å². The standard InChI is InChI=1S/C20H16ClNOS/c1-23-18-4-2-3-17(13-18)22-14-15-5-9-19(10-6-15)24-20-11-7-16(21)8-12-20/h2-14H,1H3. The molecule has 0 aliphatic carbocycles. The quantitative estimate of drug-likeness (QED) is 0.505. The molecule has 0 unspecified atom stereocenters. The molecule has 0 saturated heterocycles. The van der Waals surface area contributed by atoms with Gasteiger partial charge < -0.3 is 4.74 Å². The summed E-state index contributed by atoms with van der Waals surface area (Å²) < 4.78 is 5.20. The summed E-state index contributed by atoms with van der Waals surface area (Å²) in [7, 11) is 1.65. The Hall–Kier alpha value is -2.23. The molecule has 3 aromatic carbocycles. The van der Waals surface area contributed by atoms with Crippen LogP contribution in [-0.2, 0) is 0 Å². The average Bonchev–Trinajstić information content (AvgIpc) is 2.63. The third-order valence-electron chi connectivity index (χ3n) is 3.35. The third kappa shape index (κ3) is 4.63. The second kappa shape index (κ2) is 8.04. The molecular formula is C20H16ClNOS. The molecule has 3 aromatic rings. The predicted octanol–water partition coefficient (Wildman–Crippen LogP) is 6.25. The minimum absolute atomic E-state index is 0.753. The molecule has 3 rings (SSSR count). The number of halogens is 1. The van der Waals surface area contributed by atoms with Gasteiger partial charge in [-0.1, -0.05) is 41.6 Å². The van der Waals surface area contributed by atoms with Gasteiger partial charge in [0.25, 0.3) is 0 Å². The summed E-state index contributed by atoms with van der Waals surface area (Å²) in [5.74, 6) is 0.805. The van der Waals surface area contributed by atoms with Crippen LogP contribution in [0.5, 0.6) is 5.75 Å². The Morgan fingerprint density at radius 3 is 2.25 bits per heavy atom. The van der Waals surface area contributed by atoms with E-state index in [0.29, 0.717) is 0 Å². The molecule has 0 saturated carbocycles. The molecule has 0 aromatic heterocycles. The van der Waals surface area contributed by atoms with Crippen LogP contribution in [0.15, 0.2) is 87.6 Å². The minimum Gasteiger partial charge on any atom is -0.497 e. The summed E-state index contributed by atoms with van der Waals surface area (Å²) in [6, 6.07) is 23.8. The Morgan fingerprint density at radius 1 is 0.917 bits per heavy atom. The highest BCUT2D eigenvalue weighted by atomic mass is 35.5. The van der Waals surface area contributed by atoms with Crippen molar-refractivity contribution in [1.82, 2.24) is 0 Å². The number of hydrogen-bond acceptors (Lipinski definition) is 3. The van der Waals surface area contributed by atoms with Gasteiger partial charge in [0.1, 0.15) is 5.75 Å². The Kier molecular flexibility index (Phi) is 5.57. The molecule has 120 valence electrons. The van der Waals surface area contributed by atoms with Crippen molar-refractivity contribution < 1.29 is 4.74 Å². The fraction of sp³-hybridized carbons (Fsp3) is 0.0500. The van der Waals surface area contributed by atoms with Gasteiger partial charge in [-0.25, -0.2) is 0 Å². The van der Waals surface area contributed by atoms with E-state index in [-0.39, 0.29) is 0 Å². The van der Waals surface area contributed by atoms with Gasteiger partial charge in [0.05, 0.1) is 12.8 Å². The summed E-state index contributed by atoms with van der Waals surface area (Å²) >= 11 is 7.61. The van der Waals surface area contributed by atoms with Crippen LogP contribution in [0.25, 0.3) is 0 Å². The number of hydrogen-bond donors (Lipinski definition) is 0. The SMILES string of the molecule is COc1cccc(N=Cc2ccc(Sc3ccc(Cl)cc3)cc2)c1. The van der Waals surface area contributed by atoms with E-state index in [4.69, 9.17) is 16.3 Å². The molecule has 0 fully saturated rings. The van der Waals surface area contributed by atoms with Gasteiger partial charge >= 0.3 is 0 Å². The zero-order valence-corrected chi connectivity index (χ0v) is 14.7. The van der Waals surface area contributed by atoms with Gasteiger partial charge in [-0.2, -0.15) is 0 Å². The molecule has 0 spiro atoms. The lowest BCUT2D eigenvalue weighted by Crippen LogP contribution is -1.82. The number of methoxy groups -OCH3 is 1. The van der Waals surface area contributed by atoms with Crippen LogP contribution in [0.3, 0.4) is 0 Å². The molecule has 0 aliphatic rings. The van der Waals surface area contributed by atoms with Crippen molar-refractivity contribution >= 4 is 35.3 Å². The van der Waals surface area contributed by atoms with E-state index in [2.05, 4.69) is 29.3 Å².